The van der Waals surface area contributed by atoms with Crippen LogP contribution in [-0.4, -0.2) is 9.04 Å². The Morgan fingerprint density at radius 1 is 1.25 bits per heavy atom. The minimum atomic E-state index is -0.946. The van der Waals surface area contributed by atoms with E-state index in [2.05, 4.69) is 13.1 Å². The van der Waals surface area contributed by atoms with Crippen LogP contribution in [0.25, 0.3) is 0 Å². The molecular formula is C9H13FOSi. The third kappa shape index (κ3) is 3.15. The van der Waals surface area contributed by atoms with Crippen LogP contribution in [0.1, 0.15) is 5.56 Å². The third-order valence-electron chi connectivity index (χ3n) is 1.50. The van der Waals surface area contributed by atoms with Crippen molar-refractivity contribution in [3.05, 3.63) is 35.6 Å². The lowest BCUT2D eigenvalue weighted by Crippen LogP contribution is -2.06. The maximum absolute atomic E-state index is 12.5. The van der Waals surface area contributed by atoms with Crippen molar-refractivity contribution in [1.29, 1.82) is 0 Å². The van der Waals surface area contributed by atoms with Crippen LogP contribution in [0.3, 0.4) is 0 Å². The zero-order chi connectivity index (χ0) is 8.97. The summed E-state index contributed by atoms with van der Waals surface area (Å²) in [6, 6.07) is 6.43. The molecule has 0 radical (unpaired) electrons. The van der Waals surface area contributed by atoms with Crippen LogP contribution in [0.15, 0.2) is 24.3 Å². The molecule has 0 N–H and O–H groups in total. The van der Waals surface area contributed by atoms with Gasteiger partial charge in [-0.2, -0.15) is 0 Å². The molecule has 0 spiro atoms. The highest BCUT2D eigenvalue weighted by molar-refractivity contribution is 6.48. The van der Waals surface area contributed by atoms with Crippen LogP contribution < -0.4 is 0 Å². The van der Waals surface area contributed by atoms with Crippen molar-refractivity contribution in [2.45, 2.75) is 19.7 Å². The Balaban J connectivity index is 2.48. The maximum Gasteiger partial charge on any atom is 0.171 e. The first-order valence-electron chi connectivity index (χ1n) is 4.04. The van der Waals surface area contributed by atoms with E-state index >= 15 is 0 Å². The molecule has 1 aromatic carbocycles. The summed E-state index contributed by atoms with van der Waals surface area (Å²) in [6.45, 7) is 4.84. The van der Waals surface area contributed by atoms with Gasteiger partial charge in [0.25, 0.3) is 0 Å². The van der Waals surface area contributed by atoms with Crippen molar-refractivity contribution in [2.24, 2.45) is 0 Å². The second-order valence-corrected chi connectivity index (χ2v) is 5.42. The molecule has 3 heteroatoms. The number of rotatable bonds is 3. The molecule has 1 rings (SSSR count). The summed E-state index contributed by atoms with van der Waals surface area (Å²) in [5.74, 6) is -0.194. The molecule has 0 aliphatic heterocycles. The summed E-state index contributed by atoms with van der Waals surface area (Å²) in [5.41, 5.74) is 1.04. The predicted molar refractivity (Wildman–Crippen MR) is 50.1 cm³/mol. The largest absolute Gasteiger partial charge is 0.416 e. The van der Waals surface area contributed by atoms with Gasteiger partial charge in [0.05, 0.1) is 6.61 Å². The lowest BCUT2D eigenvalue weighted by Gasteiger charge is -2.05. The highest BCUT2D eigenvalue weighted by Gasteiger charge is 1.97. The lowest BCUT2D eigenvalue weighted by molar-refractivity contribution is 0.314. The van der Waals surface area contributed by atoms with E-state index in [-0.39, 0.29) is 5.82 Å². The first-order chi connectivity index (χ1) is 5.68. The summed E-state index contributed by atoms with van der Waals surface area (Å²) in [7, 11) is -0.946. The second kappa shape index (κ2) is 4.38. The van der Waals surface area contributed by atoms with Gasteiger partial charge in [-0.25, -0.2) is 4.39 Å². The normalized spacial score (nSPS) is 10.7. The summed E-state index contributed by atoms with van der Waals surface area (Å²) in [4.78, 5) is 0. The van der Waals surface area contributed by atoms with Crippen LogP contribution in [0, 0.1) is 5.82 Å². The summed E-state index contributed by atoms with van der Waals surface area (Å²) in [6.07, 6.45) is 0. The SMILES string of the molecule is C[SiH](C)OCc1ccc(F)cc1. The monoisotopic (exact) mass is 184 g/mol. The molecule has 0 saturated heterocycles. The van der Waals surface area contributed by atoms with Crippen LogP contribution in [0.4, 0.5) is 4.39 Å². The van der Waals surface area contributed by atoms with Crippen molar-refractivity contribution in [3.63, 3.8) is 0 Å². The minimum absolute atomic E-state index is 0.194. The molecule has 1 aromatic rings. The molecule has 0 aliphatic carbocycles. The van der Waals surface area contributed by atoms with E-state index < -0.39 is 9.04 Å². The number of hydrogen-bond donors (Lipinski definition) is 0. The Morgan fingerprint density at radius 3 is 2.33 bits per heavy atom. The van der Waals surface area contributed by atoms with Crippen LogP contribution in [0.2, 0.25) is 13.1 Å². The second-order valence-electron chi connectivity index (χ2n) is 2.99. The molecule has 1 nitrogen and oxygen atoms in total. The fraction of sp³-hybridized carbons (Fsp3) is 0.333. The highest BCUT2D eigenvalue weighted by atomic mass is 28.3. The van der Waals surface area contributed by atoms with Gasteiger partial charge in [0, 0.05) is 0 Å². The Bertz CT molecular complexity index is 233. The van der Waals surface area contributed by atoms with E-state index in [0.29, 0.717) is 6.61 Å². The van der Waals surface area contributed by atoms with E-state index in [1.807, 2.05) is 0 Å². The van der Waals surface area contributed by atoms with Crippen molar-refractivity contribution < 1.29 is 8.82 Å². The van der Waals surface area contributed by atoms with E-state index in [1.165, 1.54) is 12.1 Å². The highest BCUT2D eigenvalue weighted by Crippen LogP contribution is 2.04. The quantitative estimate of drug-likeness (QED) is 0.655. The lowest BCUT2D eigenvalue weighted by atomic mass is 10.2. The van der Waals surface area contributed by atoms with Gasteiger partial charge >= 0.3 is 0 Å². The molecule has 0 amide bonds. The molecule has 0 atom stereocenters. The van der Waals surface area contributed by atoms with E-state index in [0.717, 1.165) is 5.56 Å². The Labute approximate surface area is 73.9 Å². The standard InChI is InChI=1S/C9H13FOSi/c1-12(2)11-7-8-3-5-9(10)6-4-8/h3-6,12H,7H2,1-2H3. The van der Waals surface area contributed by atoms with Crippen LogP contribution >= 0.6 is 0 Å². The van der Waals surface area contributed by atoms with Gasteiger partial charge < -0.3 is 4.43 Å². The van der Waals surface area contributed by atoms with Gasteiger partial charge in [-0.05, 0) is 30.8 Å². The first-order valence-corrected chi connectivity index (χ1v) is 6.82. The zero-order valence-electron chi connectivity index (χ0n) is 7.38. The maximum atomic E-state index is 12.5. The molecule has 0 saturated carbocycles. The molecular weight excluding hydrogens is 171 g/mol. The average molecular weight is 184 g/mol. The average Bonchev–Trinajstić information content (AvgIpc) is 2.03. The molecule has 66 valence electrons. The Hall–Kier alpha value is -0.673. The molecule has 0 unspecified atom stereocenters. The van der Waals surface area contributed by atoms with Gasteiger partial charge in [0.15, 0.2) is 9.04 Å². The molecule has 0 bridgehead atoms. The molecule has 0 fully saturated rings. The topological polar surface area (TPSA) is 9.23 Å². The first kappa shape index (κ1) is 9.42. The third-order valence-corrected chi connectivity index (χ3v) is 2.33. The fourth-order valence-corrected chi connectivity index (χ4v) is 1.37. The van der Waals surface area contributed by atoms with Crippen molar-refractivity contribution in [3.8, 4) is 0 Å². The van der Waals surface area contributed by atoms with Crippen molar-refractivity contribution in [1.82, 2.24) is 0 Å². The smallest absolute Gasteiger partial charge is 0.171 e. The van der Waals surface area contributed by atoms with E-state index in [9.17, 15) is 4.39 Å². The number of hydrogen-bond acceptors (Lipinski definition) is 1. The van der Waals surface area contributed by atoms with Gasteiger partial charge in [-0.15, -0.1) is 0 Å². The summed E-state index contributed by atoms with van der Waals surface area (Å²) in [5, 5.41) is 0. The Kier molecular flexibility index (Phi) is 3.43. The Morgan fingerprint density at radius 2 is 1.83 bits per heavy atom. The van der Waals surface area contributed by atoms with E-state index in [1.54, 1.807) is 12.1 Å². The van der Waals surface area contributed by atoms with Crippen molar-refractivity contribution in [2.75, 3.05) is 0 Å². The minimum Gasteiger partial charge on any atom is -0.416 e. The molecule has 0 heterocycles. The molecule has 12 heavy (non-hydrogen) atoms. The fourth-order valence-electron chi connectivity index (χ4n) is 0.844. The van der Waals surface area contributed by atoms with Crippen molar-refractivity contribution >= 4 is 9.04 Å². The van der Waals surface area contributed by atoms with Gasteiger partial charge in [0.1, 0.15) is 5.82 Å². The van der Waals surface area contributed by atoms with Gasteiger partial charge in [-0.1, -0.05) is 12.1 Å². The molecule has 0 aromatic heterocycles. The van der Waals surface area contributed by atoms with Crippen LogP contribution in [-0.2, 0) is 11.0 Å². The number of benzene rings is 1. The summed E-state index contributed by atoms with van der Waals surface area (Å²) < 4.78 is 17.9. The van der Waals surface area contributed by atoms with Gasteiger partial charge in [0.2, 0.25) is 0 Å². The van der Waals surface area contributed by atoms with E-state index in [4.69, 9.17) is 4.43 Å². The van der Waals surface area contributed by atoms with Gasteiger partial charge in [-0.3, -0.25) is 0 Å². The number of halogens is 1. The summed E-state index contributed by atoms with van der Waals surface area (Å²) >= 11 is 0. The van der Waals surface area contributed by atoms with Crippen LogP contribution in [0.5, 0.6) is 0 Å². The zero-order valence-corrected chi connectivity index (χ0v) is 8.53. The molecule has 0 aliphatic rings. The predicted octanol–water partition coefficient (Wildman–Crippen LogP) is 2.33.